The topological polar surface area (TPSA) is 55.4 Å². The minimum Gasteiger partial charge on any atom is -0.452 e. The van der Waals surface area contributed by atoms with Crippen molar-refractivity contribution < 1.29 is 14.3 Å². The van der Waals surface area contributed by atoms with Crippen molar-refractivity contribution in [3.63, 3.8) is 0 Å². The van der Waals surface area contributed by atoms with Gasteiger partial charge in [-0.3, -0.25) is 4.79 Å². The maximum Gasteiger partial charge on any atom is 0.338 e. The number of amides is 1. The molecule has 0 spiro atoms. The van der Waals surface area contributed by atoms with Crippen LogP contribution >= 0.6 is 0 Å². The van der Waals surface area contributed by atoms with Gasteiger partial charge in [-0.05, 0) is 87.2 Å². The van der Waals surface area contributed by atoms with Crippen LogP contribution in [0.25, 0.3) is 0 Å². The molecule has 5 rings (SSSR count). The molecule has 4 aliphatic rings. The zero-order valence-corrected chi connectivity index (χ0v) is 15.8. The molecule has 0 saturated heterocycles. The van der Waals surface area contributed by atoms with Gasteiger partial charge in [0.25, 0.3) is 5.91 Å². The summed E-state index contributed by atoms with van der Waals surface area (Å²) in [5.74, 6) is 1.97. The van der Waals surface area contributed by atoms with E-state index in [-0.39, 0.29) is 24.0 Å². The average molecular weight is 355 g/mol. The quantitative estimate of drug-likeness (QED) is 0.816. The molecule has 4 fully saturated rings. The fourth-order valence-corrected chi connectivity index (χ4v) is 6.15. The Balaban J connectivity index is 1.32. The molecule has 1 N–H and O–H groups in total. The molecule has 4 heteroatoms. The third kappa shape index (κ3) is 3.26. The molecule has 0 radical (unpaired) electrons. The van der Waals surface area contributed by atoms with E-state index in [1.165, 1.54) is 38.5 Å². The first-order valence-corrected chi connectivity index (χ1v) is 9.97. The summed E-state index contributed by atoms with van der Waals surface area (Å²) >= 11 is 0. The Hall–Kier alpha value is -1.84. The third-order valence-electron chi connectivity index (χ3n) is 7.08. The highest BCUT2D eigenvalue weighted by Crippen LogP contribution is 2.61. The summed E-state index contributed by atoms with van der Waals surface area (Å²) in [6.45, 7) is 3.81. The average Bonchev–Trinajstić information content (AvgIpc) is 2.59. The molecule has 1 aromatic rings. The Labute approximate surface area is 155 Å². The van der Waals surface area contributed by atoms with E-state index in [2.05, 4.69) is 12.2 Å². The molecule has 1 atom stereocenters. The third-order valence-corrected chi connectivity index (χ3v) is 7.08. The summed E-state index contributed by atoms with van der Waals surface area (Å²) in [6, 6.07) is 7.44. The van der Waals surface area contributed by atoms with Crippen LogP contribution in [0.5, 0.6) is 0 Å². The van der Waals surface area contributed by atoms with Gasteiger partial charge >= 0.3 is 5.97 Å². The maximum absolute atomic E-state index is 12.4. The number of nitrogens with one attached hydrogen (secondary N) is 1. The van der Waals surface area contributed by atoms with Crippen LogP contribution in [0.15, 0.2) is 24.3 Å². The molecule has 0 aliphatic heterocycles. The second-order valence-corrected chi connectivity index (χ2v) is 8.96. The normalized spacial score (nSPS) is 32.9. The number of benzene rings is 1. The van der Waals surface area contributed by atoms with Crippen LogP contribution in [-0.2, 0) is 9.53 Å². The van der Waals surface area contributed by atoms with Crippen molar-refractivity contribution in [2.45, 2.75) is 58.4 Å². The standard InChI is InChI=1S/C22H29NO3/c1-14-5-3-4-6-19(14)21(25)26-13-20(24)23-15(2)22-10-16-7-17(11-22)9-18(8-16)12-22/h3-6,15-18H,7-13H2,1-2H3,(H,23,24). The van der Waals surface area contributed by atoms with Crippen LogP contribution in [0.2, 0.25) is 0 Å². The van der Waals surface area contributed by atoms with Crippen LogP contribution in [-0.4, -0.2) is 24.5 Å². The summed E-state index contributed by atoms with van der Waals surface area (Å²) in [7, 11) is 0. The summed E-state index contributed by atoms with van der Waals surface area (Å²) in [5.41, 5.74) is 1.65. The predicted octanol–water partition coefficient (Wildman–Crippen LogP) is 3.87. The van der Waals surface area contributed by atoms with E-state index in [9.17, 15) is 9.59 Å². The lowest BCUT2D eigenvalue weighted by atomic mass is 9.48. The molecule has 4 aliphatic carbocycles. The number of esters is 1. The number of hydrogen-bond acceptors (Lipinski definition) is 3. The summed E-state index contributed by atoms with van der Waals surface area (Å²) < 4.78 is 5.24. The Morgan fingerprint density at radius 3 is 2.27 bits per heavy atom. The molecular weight excluding hydrogens is 326 g/mol. The van der Waals surface area contributed by atoms with Crippen LogP contribution in [0.1, 0.15) is 61.4 Å². The number of rotatable bonds is 5. The fourth-order valence-electron chi connectivity index (χ4n) is 6.15. The van der Waals surface area contributed by atoms with Crippen molar-refractivity contribution in [1.29, 1.82) is 0 Å². The van der Waals surface area contributed by atoms with Crippen molar-refractivity contribution in [2.75, 3.05) is 6.61 Å². The predicted molar refractivity (Wildman–Crippen MR) is 99.7 cm³/mol. The summed E-state index contributed by atoms with van der Waals surface area (Å²) in [4.78, 5) is 24.6. The van der Waals surface area contributed by atoms with Crippen molar-refractivity contribution in [3.05, 3.63) is 35.4 Å². The first-order chi connectivity index (χ1) is 12.4. The first kappa shape index (κ1) is 17.6. The Kier molecular flexibility index (Phi) is 4.54. The minimum atomic E-state index is -0.430. The van der Waals surface area contributed by atoms with E-state index >= 15 is 0 Å². The second-order valence-electron chi connectivity index (χ2n) is 8.96. The van der Waals surface area contributed by atoms with Gasteiger partial charge in [0.2, 0.25) is 0 Å². The molecule has 1 aromatic carbocycles. The molecular formula is C22H29NO3. The van der Waals surface area contributed by atoms with Gasteiger partial charge < -0.3 is 10.1 Å². The fraction of sp³-hybridized carbons (Fsp3) is 0.636. The molecule has 26 heavy (non-hydrogen) atoms. The summed E-state index contributed by atoms with van der Waals surface area (Å²) in [5, 5.41) is 3.14. The van der Waals surface area contributed by atoms with Gasteiger partial charge in [-0.25, -0.2) is 4.79 Å². The van der Waals surface area contributed by atoms with Crippen molar-refractivity contribution in [3.8, 4) is 0 Å². The van der Waals surface area contributed by atoms with Gasteiger partial charge in [0, 0.05) is 6.04 Å². The van der Waals surface area contributed by atoms with Crippen molar-refractivity contribution >= 4 is 11.9 Å². The Bertz CT molecular complexity index is 676. The van der Waals surface area contributed by atoms with Gasteiger partial charge in [0.05, 0.1) is 5.56 Å². The number of carbonyl (C=O) groups excluding carboxylic acids is 2. The smallest absolute Gasteiger partial charge is 0.338 e. The van der Waals surface area contributed by atoms with Gasteiger partial charge in [-0.1, -0.05) is 18.2 Å². The molecule has 1 amide bonds. The van der Waals surface area contributed by atoms with Gasteiger partial charge in [-0.15, -0.1) is 0 Å². The number of carbonyl (C=O) groups is 2. The Morgan fingerprint density at radius 1 is 1.12 bits per heavy atom. The molecule has 4 saturated carbocycles. The van der Waals surface area contributed by atoms with E-state index in [1.54, 1.807) is 12.1 Å². The highest BCUT2D eigenvalue weighted by molar-refractivity contribution is 5.92. The van der Waals surface area contributed by atoms with Gasteiger partial charge in [0.15, 0.2) is 6.61 Å². The van der Waals surface area contributed by atoms with E-state index in [4.69, 9.17) is 4.74 Å². The summed E-state index contributed by atoms with van der Waals surface area (Å²) in [6.07, 6.45) is 7.95. The van der Waals surface area contributed by atoms with Gasteiger partial charge in [0.1, 0.15) is 0 Å². The van der Waals surface area contributed by atoms with E-state index in [1.807, 2.05) is 19.1 Å². The second kappa shape index (κ2) is 6.71. The molecule has 4 bridgehead atoms. The molecule has 0 aromatic heterocycles. The van der Waals surface area contributed by atoms with Crippen molar-refractivity contribution in [1.82, 2.24) is 5.32 Å². The highest BCUT2D eigenvalue weighted by Gasteiger charge is 2.53. The van der Waals surface area contributed by atoms with Crippen LogP contribution < -0.4 is 5.32 Å². The lowest BCUT2D eigenvalue weighted by Crippen LogP contribution is -2.56. The van der Waals surface area contributed by atoms with Crippen molar-refractivity contribution in [2.24, 2.45) is 23.2 Å². The number of ether oxygens (including phenoxy) is 1. The first-order valence-electron chi connectivity index (χ1n) is 9.97. The zero-order chi connectivity index (χ0) is 18.3. The van der Waals surface area contributed by atoms with E-state index in [0.29, 0.717) is 5.56 Å². The van der Waals surface area contributed by atoms with E-state index < -0.39 is 5.97 Å². The van der Waals surface area contributed by atoms with E-state index in [0.717, 1.165) is 23.3 Å². The minimum absolute atomic E-state index is 0.153. The lowest BCUT2D eigenvalue weighted by Gasteiger charge is -2.59. The van der Waals surface area contributed by atoms with Crippen LogP contribution in [0.4, 0.5) is 0 Å². The zero-order valence-electron chi connectivity index (χ0n) is 15.8. The lowest BCUT2D eigenvalue weighted by molar-refractivity contribution is -0.128. The Morgan fingerprint density at radius 2 is 1.69 bits per heavy atom. The number of hydrogen-bond donors (Lipinski definition) is 1. The molecule has 140 valence electrons. The molecule has 1 unspecified atom stereocenters. The highest BCUT2D eigenvalue weighted by atomic mass is 16.5. The van der Waals surface area contributed by atoms with Gasteiger partial charge in [-0.2, -0.15) is 0 Å². The number of aryl methyl sites for hydroxylation is 1. The molecule has 0 heterocycles. The van der Waals surface area contributed by atoms with Crippen LogP contribution in [0, 0.1) is 30.1 Å². The maximum atomic E-state index is 12.4. The van der Waals surface area contributed by atoms with Crippen LogP contribution in [0.3, 0.4) is 0 Å². The monoisotopic (exact) mass is 355 g/mol. The largest absolute Gasteiger partial charge is 0.452 e. The SMILES string of the molecule is Cc1ccccc1C(=O)OCC(=O)NC(C)C12CC3CC(CC(C3)C1)C2. The molecule has 4 nitrogen and oxygen atoms in total.